The number of amides is 6. The molecule has 3 atom stereocenters. The number of carboxylic acids is 2. The van der Waals surface area contributed by atoms with Gasteiger partial charge in [-0.3, -0.25) is 19.7 Å². The third-order valence-corrected chi connectivity index (χ3v) is 5.07. The lowest BCUT2D eigenvalue weighted by atomic mass is 10.3. The van der Waals surface area contributed by atoms with E-state index in [1.807, 2.05) is 10.6 Å². The summed E-state index contributed by atoms with van der Waals surface area (Å²) in [5, 5.41) is 25.6. The van der Waals surface area contributed by atoms with E-state index in [0.29, 0.717) is 0 Å². The predicted molar refractivity (Wildman–Crippen MR) is 98.9 cm³/mol. The molecule has 1 aliphatic heterocycles. The standard InChI is InChI=1S/C8H14N2O5S2.C4H6N4O3/c1-4(11)10-6(8(14)15)3-17-16-2-5(9)7(12)13;5-3(10)6-1-2(9)8-4(11)7-1/h5-6H,2-3,9H2,1H3,(H,10,11)(H,12,13)(H,14,15);1H,(H3,5,6,10)(H2,7,8,9,11)/t5?,6-;/m0./s1. The van der Waals surface area contributed by atoms with E-state index in [1.54, 1.807) is 0 Å². The summed E-state index contributed by atoms with van der Waals surface area (Å²) in [6.45, 7) is 1.23. The lowest BCUT2D eigenvalue weighted by Crippen LogP contribution is -2.48. The highest BCUT2D eigenvalue weighted by atomic mass is 33.1. The van der Waals surface area contributed by atoms with E-state index in [-0.39, 0.29) is 11.5 Å². The molecule has 14 nitrogen and oxygen atoms in total. The van der Waals surface area contributed by atoms with Crippen molar-refractivity contribution in [3.8, 4) is 0 Å². The molecule has 1 fully saturated rings. The highest BCUT2D eigenvalue weighted by Crippen LogP contribution is 2.22. The Hall–Kier alpha value is -2.72. The fraction of sp³-hybridized carbons (Fsp3) is 0.500. The fourth-order valence-electron chi connectivity index (χ4n) is 1.39. The molecule has 0 aliphatic carbocycles. The number of carbonyl (C=O) groups excluding carboxylic acids is 4. The molecule has 1 saturated heterocycles. The normalized spacial score (nSPS) is 17.1. The molecule has 0 saturated carbocycles. The number of imide groups is 1. The summed E-state index contributed by atoms with van der Waals surface area (Å²) in [6, 6.07) is -3.47. The molecule has 1 heterocycles. The van der Waals surface area contributed by atoms with Crippen molar-refractivity contribution in [2.24, 2.45) is 11.5 Å². The first kappa shape index (κ1) is 25.3. The van der Waals surface area contributed by atoms with E-state index in [9.17, 15) is 28.8 Å². The number of hydrogen-bond donors (Lipinski definition) is 8. The van der Waals surface area contributed by atoms with Crippen molar-refractivity contribution in [2.45, 2.75) is 25.2 Å². The van der Waals surface area contributed by atoms with Crippen molar-refractivity contribution in [3.63, 3.8) is 0 Å². The highest BCUT2D eigenvalue weighted by molar-refractivity contribution is 8.76. The molecule has 0 spiro atoms. The number of carbonyl (C=O) groups is 6. The third-order valence-electron chi connectivity index (χ3n) is 2.62. The molecule has 0 bridgehead atoms. The zero-order valence-electron chi connectivity index (χ0n) is 14.5. The first-order valence-corrected chi connectivity index (χ1v) is 9.82. The molecule has 1 aliphatic rings. The molecule has 1 rings (SSSR count). The number of aliphatic carboxylic acids is 2. The molecular weight excluding hydrogens is 420 g/mol. The van der Waals surface area contributed by atoms with Crippen LogP contribution in [0, 0.1) is 0 Å². The van der Waals surface area contributed by atoms with Crippen LogP contribution in [0.4, 0.5) is 9.59 Å². The Bertz CT molecular complexity index is 633. The van der Waals surface area contributed by atoms with Gasteiger partial charge in [-0.2, -0.15) is 0 Å². The maximum Gasteiger partial charge on any atom is 0.327 e. The minimum absolute atomic E-state index is 0.145. The van der Waals surface area contributed by atoms with Crippen molar-refractivity contribution >= 4 is 57.4 Å². The summed E-state index contributed by atoms with van der Waals surface area (Å²) in [7, 11) is 2.31. The lowest BCUT2D eigenvalue weighted by molar-refractivity contribution is -0.140. The van der Waals surface area contributed by atoms with Crippen LogP contribution in [-0.2, 0) is 19.2 Å². The monoisotopic (exact) mass is 440 g/mol. The Labute approximate surface area is 166 Å². The minimum Gasteiger partial charge on any atom is -0.480 e. The number of carboxylic acid groups (broad SMARTS) is 2. The molecular formula is C12H20N6O8S2. The predicted octanol–water partition coefficient (Wildman–Crippen LogP) is -2.81. The quantitative estimate of drug-likeness (QED) is 0.103. The maximum absolute atomic E-state index is 10.7. The van der Waals surface area contributed by atoms with E-state index in [1.165, 1.54) is 6.92 Å². The Morgan fingerprint density at radius 2 is 1.71 bits per heavy atom. The first-order chi connectivity index (χ1) is 12.9. The van der Waals surface area contributed by atoms with Crippen molar-refractivity contribution in [1.82, 2.24) is 21.3 Å². The van der Waals surface area contributed by atoms with E-state index in [0.717, 1.165) is 21.6 Å². The summed E-state index contributed by atoms with van der Waals surface area (Å²) >= 11 is 0. The summed E-state index contributed by atoms with van der Waals surface area (Å²) in [4.78, 5) is 63.1. The number of hydrogen-bond acceptors (Lipinski definition) is 9. The Morgan fingerprint density at radius 3 is 2.11 bits per heavy atom. The molecule has 10 N–H and O–H groups in total. The van der Waals surface area contributed by atoms with Gasteiger partial charge in [0.15, 0.2) is 6.17 Å². The lowest BCUT2D eigenvalue weighted by Gasteiger charge is -2.12. The van der Waals surface area contributed by atoms with Gasteiger partial charge in [0.1, 0.15) is 12.1 Å². The van der Waals surface area contributed by atoms with Crippen LogP contribution < -0.4 is 32.7 Å². The average Bonchev–Trinajstić information content (AvgIpc) is 2.86. The maximum atomic E-state index is 10.7. The van der Waals surface area contributed by atoms with E-state index in [2.05, 4.69) is 10.6 Å². The first-order valence-electron chi connectivity index (χ1n) is 7.34. The van der Waals surface area contributed by atoms with Gasteiger partial charge in [-0.05, 0) is 0 Å². The average molecular weight is 440 g/mol. The molecule has 0 aromatic heterocycles. The zero-order chi connectivity index (χ0) is 21.9. The topological polar surface area (TPSA) is 243 Å². The van der Waals surface area contributed by atoms with Crippen LogP contribution in [-0.4, -0.2) is 75.8 Å². The second-order valence-corrected chi connectivity index (χ2v) is 7.56. The zero-order valence-corrected chi connectivity index (χ0v) is 16.1. The molecule has 6 amide bonds. The summed E-state index contributed by atoms with van der Waals surface area (Å²) < 4.78 is 0. The number of primary amides is 1. The number of nitrogens with one attached hydrogen (secondary N) is 4. The number of rotatable bonds is 9. The van der Waals surface area contributed by atoms with Gasteiger partial charge >= 0.3 is 24.0 Å². The minimum atomic E-state index is -1.13. The van der Waals surface area contributed by atoms with Crippen LogP contribution in [0.25, 0.3) is 0 Å². The van der Waals surface area contributed by atoms with Gasteiger partial charge in [-0.15, -0.1) is 0 Å². The van der Waals surface area contributed by atoms with Gasteiger partial charge < -0.3 is 37.6 Å². The van der Waals surface area contributed by atoms with Crippen molar-refractivity contribution < 1.29 is 39.0 Å². The Balaban J connectivity index is 0.000000567. The van der Waals surface area contributed by atoms with Crippen LogP contribution in [0.5, 0.6) is 0 Å². The molecule has 158 valence electrons. The van der Waals surface area contributed by atoms with Crippen LogP contribution in [0.15, 0.2) is 0 Å². The molecule has 0 radical (unpaired) electrons. The molecule has 16 heteroatoms. The Kier molecular flexibility index (Phi) is 11.4. The van der Waals surface area contributed by atoms with Gasteiger partial charge in [0.2, 0.25) is 5.91 Å². The van der Waals surface area contributed by atoms with Crippen LogP contribution in [0.1, 0.15) is 6.92 Å². The van der Waals surface area contributed by atoms with Gasteiger partial charge in [0.05, 0.1) is 0 Å². The largest absolute Gasteiger partial charge is 0.480 e. The number of urea groups is 2. The van der Waals surface area contributed by atoms with Gasteiger partial charge in [0, 0.05) is 18.4 Å². The third kappa shape index (κ3) is 11.1. The summed E-state index contributed by atoms with van der Waals surface area (Å²) in [6.07, 6.45) is -1.04. The summed E-state index contributed by atoms with van der Waals surface area (Å²) in [5.41, 5.74) is 9.95. The van der Waals surface area contributed by atoms with Crippen LogP contribution in [0.2, 0.25) is 0 Å². The molecule has 0 aromatic rings. The van der Waals surface area contributed by atoms with Crippen LogP contribution >= 0.6 is 21.6 Å². The smallest absolute Gasteiger partial charge is 0.327 e. The van der Waals surface area contributed by atoms with Gasteiger partial charge in [-0.1, -0.05) is 21.6 Å². The van der Waals surface area contributed by atoms with Gasteiger partial charge in [0.25, 0.3) is 5.91 Å². The highest BCUT2D eigenvalue weighted by Gasteiger charge is 2.29. The van der Waals surface area contributed by atoms with Crippen LogP contribution in [0.3, 0.4) is 0 Å². The van der Waals surface area contributed by atoms with E-state index < -0.39 is 54.1 Å². The molecule has 2 unspecified atom stereocenters. The fourth-order valence-corrected chi connectivity index (χ4v) is 3.66. The molecule has 28 heavy (non-hydrogen) atoms. The van der Waals surface area contributed by atoms with Crippen molar-refractivity contribution in [2.75, 3.05) is 11.5 Å². The van der Waals surface area contributed by atoms with E-state index in [4.69, 9.17) is 21.7 Å². The van der Waals surface area contributed by atoms with Gasteiger partial charge in [-0.25, -0.2) is 14.4 Å². The van der Waals surface area contributed by atoms with Crippen molar-refractivity contribution in [3.05, 3.63) is 0 Å². The van der Waals surface area contributed by atoms with Crippen molar-refractivity contribution in [1.29, 1.82) is 0 Å². The summed E-state index contributed by atoms with van der Waals surface area (Å²) in [5.74, 6) is -2.96. The number of nitrogens with two attached hydrogens (primary N) is 2. The second-order valence-electron chi connectivity index (χ2n) is 5.01. The SMILES string of the molecule is CC(=O)N[C@@H](CSSCC(N)C(=O)O)C(=O)O.NC(=O)NC1NC(=O)NC1=O. The Morgan fingerprint density at radius 1 is 1.14 bits per heavy atom. The second kappa shape index (κ2) is 12.6. The van der Waals surface area contributed by atoms with E-state index >= 15 is 0 Å². The molecule has 0 aromatic carbocycles.